The lowest BCUT2D eigenvalue weighted by atomic mass is 10.2. The van der Waals surface area contributed by atoms with Crippen LogP contribution in [0.15, 0.2) is 18.5 Å². The lowest BCUT2D eigenvalue weighted by molar-refractivity contribution is 0.738. The van der Waals surface area contributed by atoms with Gasteiger partial charge in [-0.2, -0.15) is 10.4 Å². The number of hydrogen-bond acceptors (Lipinski definition) is 5. The van der Waals surface area contributed by atoms with Crippen molar-refractivity contribution in [3.8, 4) is 6.07 Å². The first kappa shape index (κ1) is 11.9. The molecule has 0 spiro atoms. The normalized spacial score (nSPS) is 10.1. The molecule has 0 aliphatic heterocycles. The van der Waals surface area contributed by atoms with Crippen molar-refractivity contribution in [2.45, 2.75) is 13.5 Å². The van der Waals surface area contributed by atoms with Crippen LogP contribution in [0.25, 0.3) is 0 Å². The van der Waals surface area contributed by atoms with Gasteiger partial charge in [0.25, 0.3) is 0 Å². The third-order valence-corrected chi connectivity index (χ3v) is 2.81. The van der Waals surface area contributed by atoms with Crippen molar-refractivity contribution in [2.75, 3.05) is 11.1 Å². The molecule has 0 aliphatic carbocycles. The molecule has 3 N–H and O–H groups in total. The summed E-state index contributed by atoms with van der Waals surface area (Å²) in [5.74, 6) is 0.537. The molecule has 0 atom stereocenters. The van der Waals surface area contributed by atoms with Crippen molar-refractivity contribution < 1.29 is 0 Å². The first-order chi connectivity index (χ1) is 8.61. The molecule has 2 heterocycles. The summed E-state index contributed by atoms with van der Waals surface area (Å²) in [6.45, 7) is 2.57. The number of anilines is 2. The Balaban J connectivity index is 2.16. The van der Waals surface area contributed by atoms with Crippen molar-refractivity contribution in [3.05, 3.63) is 35.3 Å². The van der Waals surface area contributed by atoms with Gasteiger partial charge >= 0.3 is 0 Å². The van der Waals surface area contributed by atoms with Crippen LogP contribution in [-0.2, 0) is 13.6 Å². The van der Waals surface area contributed by atoms with Gasteiger partial charge in [0.2, 0.25) is 0 Å². The van der Waals surface area contributed by atoms with Crippen LogP contribution >= 0.6 is 0 Å². The average Bonchev–Trinajstić information content (AvgIpc) is 2.68. The predicted octanol–water partition coefficient (Wildman–Crippen LogP) is 1.19. The molecule has 0 aromatic carbocycles. The third-order valence-electron chi connectivity index (χ3n) is 2.81. The summed E-state index contributed by atoms with van der Waals surface area (Å²) >= 11 is 0. The smallest absolute Gasteiger partial charge is 0.144 e. The standard InChI is InChI=1S/C12H14N6/c1-8-10(6-17-18(8)2)5-15-12-9(4-13)3-11(14)7-16-12/h3,6-7H,5,14H2,1-2H3,(H,15,16). The number of aryl methyl sites for hydroxylation is 1. The Kier molecular flexibility index (Phi) is 3.15. The Morgan fingerprint density at radius 1 is 1.50 bits per heavy atom. The van der Waals surface area contributed by atoms with Crippen LogP contribution in [0.4, 0.5) is 11.5 Å². The summed E-state index contributed by atoms with van der Waals surface area (Å²) in [4.78, 5) is 4.11. The van der Waals surface area contributed by atoms with Crippen LogP contribution in [0.5, 0.6) is 0 Å². The maximum atomic E-state index is 9.00. The molecule has 2 aromatic rings. The topological polar surface area (TPSA) is 92.5 Å². The minimum Gasteiger partial charge on any atom is -0.397 e. The second kappa shape index (κ2) is 4.75. The van der Waals surface area contributed by atoms with Gasteiger partial charge < -0.3 is 11.1 Å². The van der Waals surface area contributed by atoms with Crippen LogP contribution in [0, 0.1) is 18.3 Å². The molecule has 6 heteroatoms. The summed E-state index contributed by atoms with van der Waals surface area (Å²) in [7, 11) is 1.89. The molecule has 0 unspecified atom stereocenters. The zero-order valence-corrected chi connectivity index (χ0v) is 10.3. The molecule has 0 fully saturated rings. The van der Waals surface area contributed by atoms with Gasteiger partial charge in [0.15, 0.2) is 0 Å². The van der Waals surface area contributed by atoms with Gasteiger partial charge in [-0.25, -0.2) is 4.98 Å². The highest BCUT2D eigenvalue weighted by Gasteiger charge is 2.07. The quantitative estimate of drug-likeness (QED) is 0.843. The van der Waals surface area contributed by atoms with Gasteiger partial charge in [-0.15, -0.1) is 0 Å². The Morgan fingerprint density at radius 2 is 2.28 bits per heavy atom. The second-order valence-electron chi connectivity index (χ2n) is 4.01. The summed E-state index contributed by atoms with van der Waals surface area (Å²) in [6.07, 6.45) is 3.32. The fourth-order valence-electron chi connectivity index (χ4n) is 1.60. The zero-order valence-electron chi connectivity index (χ0n) is 10.3. The van der Waals surface area contributed by atoms with E-state index in [1.165, 1.54) is 6.20 Å². The molecule has 18 heavy (non-hydrogen) atoms. The first-order valence-electron chi connectivity index (χ1n) is 5.48. The summed E-state index contributed by atoms with van der Waals surface area (Å²) in [5, 5.41) is 16.3. The number of nitrogens with two attached hydrogens (primary N) is 1. The van der Waals surface area contributed by atoms with Gasteiger partial charge in [0.1, 0.15) is 11.9 Å². The number of aromatic nitrogens is 3. The van der Waals surface area contributed by atoms with Crippen LogP contribution in [0.1, 0.15) is 16.8 Å². The summed E-state index contributed by atoms with van der Waals surface area (Å²) < 4.78 is 1.80. The highest BCUT2D eigenvalue weighted by molar-refractivity contribution is 5.57. The van der Waals surface area contributed by atoms with E-state index >= 15 is 0 Å². The van der Waals surface area contributed by atoms with Crippen molar-refractivity contribution in [3.63, 3.8) is 0 Å². The maximum Gasteiger partial charge on any atom is 0.144 e. The van der Waals surface area contributed by atoms with Crippen LogP contribution in [-0.4, -0.2) is 14.8 Å². The average molecular weight is 242 g/mol. The fourth-order valence-corrected chi connectivity index (χ4v) is 1.60. The summed E-state index contributed by atoms with van der Waals surface area (Å²) in [5.41, 5.74) is 8.65. The van der Waals surface area contributed by atoms with Crippen LogP contribution in [0.2, 0.25) is 0 Å². The molecule has 0 amide bonds. The minimum atomic E-state index is 0.441. The minimum absolute atomic E-state index is 0.441. The van der Waals surface area contributed by atoms with Crippen molar-refractivity contribution in [1.82, 2.24) is 14.8 Å². The predicted molar refractivity (Wildman–Crippen MR) is 68.6 cm³/mol. The van der Waals surface area contributed by atoms with Gasteiger partial charge in [0.05, 0.1) is 23.6 Å². The Hall–Kier alpha value is -2.55. The molecule has 92 valence electrons. The Bertz CT molecular complexity index is 608. The van der Waals surface area contributed by atoms with Crippen molar-refractivity contribution >= 4 is 11.5 Å². The van der Waals surface area contributed by atoms with Crippen LogP contribution in [0.3, 0.4) is 0 Å². The van der Waals surface area contributed by atoms with Crippen molar-refractivity contribution in [1.29, 1.82) is 5.26 Å². The number of rotatable bonds is 3. The van der Waals surface area contributed by atoms with E-state index < -0.39 is 0 Å². The number of nitriles is 1. The first-order valence-corrected chi connectivity index (χ1v) is 5.48. The molecule has 0 radical (unpaired) electrons. The van der Waals surface area contributed by atoms with Gasteiger partial charge in [-0.1, -0.05) is 0 Å². The zero-order chi connectivity index (χ0) is 13.1. The van der Waals surface area contributed by atoms with E-state index in [-0.39, 0.29) is 0 Å². The van der Waals surface area contributed by atoms with Gasteiger partial charge in [-0.05, 0) is 13.0 Å². The molecule has 2 rings (SSSR count). The van der Waals surface area contributed by atoms with E-state index in [2.05, 4.69) is 21.5 Å². The molecule has 0 saturated carbocycles. The number of nitrogens with zero attached hydrogens (tertiary/aromatic N) is 4. The van der Waals surface area contributed by atoms with E-state index in [0.29, 0.717) is 23.6 Å². The van der Waals surface area contributed by atoms with E-state index in [4.69, 9.17) is 11.0 Å². The largest absolute Gasteiger partial charge is 0.397 e. The van der Waals surface area contributed by atoms with Gasteiger partial charge in [-0.3, -0.25) is 4.68 Å². The van der Waals surface area contributed by atoms with Gasteiger partial charge in [0, 0.05) is 24.8 Å². The summed E-state index contributed by atoms with van der Waals surface area (Å²) in [6, 6.07) is 3.67. The lowest BCUT2D eigenvalue weighted by Crippen LogP contribution is -2.05. The molecule has 0 aliphatic rings. The molecule has 2 aromatic heterocycles. The molecular formula is C12H14N6. The monoisotopic (exact) mass is 242 g/mol. The Labute approximate surface area is 105 Å². The molecular weight excluding hydrogens is 228 g/mol. The maximum absolute atomic E-state index is 9.00. The SMILES string of the molecule is Cc1c(CNc2ncc(N)cc2C#N)cnn1C. The van der Waals surface area contributed by atoms with E-state index in [0.717, 1.165) is 11.3 Å². The second-order valence-corrected chi connectivity index (χ2v) is 4.01. The molecule has 0 saturated heterocycles. The number of hydrogen-bond donors (Lipinski definition) is 2. The number of nitrogens with one attached hydrogen (secondary N) is 1. The number of pyridine rings is 1. The highest BCUT2D eigenvalue weighted by Crippen LogP contribution is 2.16. The lowest BCUT2D eigenvalue weighted by Gasteiger charge is -2.07. The molecule has 0 bridgehead atoms. The van der Waals surface area contributed by atoms with Crippen LogP contribution < -0.4 is 11.1 Å². The van der Waals surface area contributed by atoms with E-state index in [1.54, 1.807) is 16.9 Å². The highest BCUT2D eigenvalue weighted by atomic mass is 15.3. The molecule has 6 nitrogen and oxygen atoms in total. The van der Waals surface area contributed by atoms with Crippen molar-refractivity contribution in [2.24, 2.45) is 7.05 Å². The number of nitrogen functional groups attached to an aromatic ring is 1. The van der Waals surface area contributed by atoms with E-state index in [9.17, 15) is 0 Å². The third kappa shape index (κ3) is 2.25. The van der Waals surface area contributed by atoms with E-state index in [1.807, 2.05) is 14.0 Å². The Morgan fingerprint density at radius 3 is 2.89 bits per heavy atom. The fraction of sp³-hybridized carbons (Fsp3) is 0.250.